The van der Waals surface area contributed by atoms with Crippen LogP contribution in [0.4, 0.5) is 0 Å². The molecule has 0 heterocycles. The van der Waals surface area contributed by atoms with E-state index in [2.05, 4.69) is 6.92 Å². The minimum atomic E-state index is 1.04. The van der Waals surface area contributed by atoms with Crippen molar-refractivity contribution in [2.75, 3.05) is 13.6 Å². The van der Waals surface area contributed by atoms with E-state index >= 15 is 0 Å². The Kier molecular flexibility index (Phi) is 12.9. The van der Waals surface area contributed by atoms with Gasteiger partial charge in [-0.25, -0.2) is 0 Å². The third-order valence-electron chi connectivity index (χ3n) is 3.11. The summed E-state index contributed by atoms with van der Waals surface area (Å²) in [6.07, 6.45) is 15.4. The molecule has 0 bridgehead atoms. The molecule has 0 spiro atoms. The third kappa shape index (κ3) is 13.9. The molecule has 2 heteroatoms. The predicted molar refractivity (Wildman–Crippen MR) is 73.3 cm³/mol. The fourth-order valence-electron chi connectivity index (χ4n) is 2.03. The molecule has 0 aromatic rings. The Balaban J connectivity index is 2.88. The minimum absolute atomic E-state index is 1.04. The van der Waals surface area contributed by atoms with Crippen molar-refractivity contribution in [3.05, 3.63) is 0 Å². The summed E-state index contributed by atoms with van der Waals surface area (Å²) in [5, 5.41) is 1.79. The Hall–Kier alpha value is -0.0800. The number of nitrogens with two attached hydrogens (primary N) is 1. The first-order valence-corrected chi connectivity index (χ1v) is 7.23. The third-order valence-corrected chi connectivity index (χ3v) is 3.11. The number of hydrogen-bond donors (Lipinski definition) is 1. The van der Waals surface area contributed by atoms with Crippen LogP contribution in [0.25, 0.3) is 0 Å². The summed E-state index contributed by atoms with van der Waals surface area (Å²) >= 11 is 0. The SMILES string of the molecule is CCCCCCCCCCCCCN(C)N. The van der Waals surface area contributed by atoms with E-state index in [-0.39, 0.29) is 0 Å². The molecule has 0 aliphatic heterocycles. The fraction of sp³-hybridized carbons (Fsp3) is 1.00. The van der Waals surface area contributed by atoms with E-state index in [1.807, 2.05) is 7.05 Å². The molecule has 0 amide bonds. The van der Waals surface area contributed by atoms with Crippen molar-refractivity contribution < 1.29 is 0 Å². The van der Waals surface area contributed by atoms with Gasteiger partial charge in [-0.1, -0.05) is 71.1 Å². The first-order valence-electron chi connectivity index (χ1n) is 7.23. The highest BCUT2D eigenvalue weighted by atomic mass is 15.4. The van der Waals surface area contributed by atoms with Crippen LogP contribution < -0.4 is 5.84 Å². The molecule has 0 fully saturated rings. The van der Waals surface area contributed by atoms with Crippen molar-refractivity contribution >= 4 is 0 Å². The Morgan fingerprint density at radius 2 is 1.06 bits per heavy atom. The lowest BCUT2D eigenvalue weighted by Gasteiger charge is -2.08. The first-order chi connectivity index (χ1) is 7.77. The van der Waals surface area contributed by atoms with Crippen molar-refractivity contribution in [3.8, 4) is 0 Å². The number of hydrazine groups is 1. The molecule has 0 saturated carbocycles. The molecular formula is C14H32N2. The van der Waals surface area contributed by atoms with Gasteiger partial charge in [-0.3, -0.25) is 10.9 Å². The first kappa shape index (κ1) is 15.9. The summed E-state index contributed by atoms with van der Waals surface area (Å²) in [6, 6.07) is 0. The number of nitrogens with zero attached hydrogens (tertiary/aromatic N) is 1. The van der Waals surface area contributed by atoms with Crippen LogP contribution in [0.15, 0.2) is 0 Å². The molecule has 0 atom stereocenters. The summed E-state index contributed by atoms with van der Waals surface area (Å²) < 4.78 is 0. The maximum absolute atomic E-state index is 5.55. The van der Waals surface area contributed by atoms with Crippen molar-refractivity contribution in [3.63, 3.8) is 0 Å². The molecule has 2 nitrogen and oxygen atoms in total. The lowest BCUT2D eigenvalue weighted by Crippen LogP contribution is -2.26. The Labute approximate surface area is 103 Å². The van der Waals surface area contributed by atoms with Gasteiger partial charge in [0.25, 0.3) is 0 Å². The van der Waals surface area contributed by atoms with Crippen molar-refractivity contribution in [2.24, 2.45) is 5.84 Å². The second kappa shape index (κ2) is 13.0. The van der Waals surface area contributed by atoms with E-state index in [9.17, 15) is 0 Å². The lowest BCUT2D eigenvalue weighted by molar-refractivity contribution is 0.336. The summed E-state index contributed by atoms with van der Waals surface area (Å²) in [4.78, 5) is 0. The zero-order chi connectivity index (χ0) is 12.1. The van der Waals surface area contributed by atoms with Gasteiger partial charge < -0.3 is 0 Å². The van der Waals surface area contributed by atoms with Crippen molar-refractivity contribution in [1.29, 1.82) is 0 Å². The molecule has 0 saturated heterocycles. The molecule has 0 rings (SSSR count). The van der Waals surface area contributed by atoms with Crippen molar-refractivity contribution in [2.45, 2.75) is 77.6 Å². The summed E-state index contributed by atoms with van der Waals surface area (Å²) in [5.74, 6) is 5.55. The fourth-order valence-corrected chi connectivity index (χ4v) is 2.03. The average Bonchev–Trinajstić information content (AvgIpc) is 2.25. The van der Waals surface area contributed by atoms with Crippen LogP contribution in [-0.2, 0) is 0 Å². The number of unbranched alkanes of at least 4 members (excludes halogenated alkanes) is 10. The van der Waals surface area contributed by atoms with Crippen LogP contribution in [-0.4, -0.2) is 18.6 Å². The van der Waals surface area contributed by atoms with E-state index in [4.69, 9.17) is 5.84 Å². The van der Waals surface area contributed by atoms with E-state index in [0.29, 0.717) is 0 Å². The summed E-state index contributed by atoms with van der Waals surface area (Å²) in [5.41, 5.74) is 0. The van der Waals surface area contributed by atoms with Gasteiger partial charge in [-0.2, -0.15) is 0 Å². The monoisotopic (exact) mass is 228 g/mol. The van der Waals surface area contributed by atoms with Gasteiger partial charge in [0.15, 0.2) is 0 Å². The van der Waals surface area contributed by atoms with Gasteiger partial charge in [0.2, 0.25) is 0 Å². The highest BCUT2D eigenvalue weighted by Gasteiger charge is 1.93. The van der Waals surface area contributed by atoms with Crippen LogP contribution in [0, 0.1) is 0 Å². The van der Waals surface area contributed by atoms with Crippen LogP contribution in [0.3, 0.4) is 0 Å². The summed E-state index contributed by atoms with van der Waals surface area (Å²) in [6.45, 7) is 3.32. The normalized spacial score (nSPS) is 11.2. The molecule has 16 heavy (non-hydrogen) atoms. The van der Waals surface area contributed by atoms with Gasteiger partial charge in [0.05, 0.1) is 0 Å². The number of rotatable bonds is 12. The van der Waals surface area contributed by atoms with Gasteiger partial charge in [0.1, 0.15) is 0 Å². The molecule has 0 aromatic heterocycles. The summed E-state index contributed by atoms with van der Waals surface area (Å²) in [7, 11) is 1.94. The molecule has 2 N–H and O–H groups in total. The largest absolute Gasteiger partial charge is 0.269 e. The average molecular weight is 228 g/mol. The Morgan fingerprint density at radius 1 is 0.688 bits per heavy atom. The van der Waals surface area contributed by atoms with E-state index in [0.717, 1.165) is 6.54 Å². The number of hydrogen-bond acceptors (Lipinski definition) is 2. The van der Waals surface area contributed by atoms with E-state index in [1.165, 1.54) is 70.6 Å². The highest BCUT2D eigenvalue weighted by molar-refractivity contribution is 4.49. The maximum atomic E-state index is 5.55. The smallest absolute Gasteiger partial charge is 0.0125 e. The molecule has 0 unspecified atom stereocenters. The van der Waals surface area contributed by atoms with Crippen molar-refractivity contribution in [1.82, 2.24) is 5.01 Å². The molecule has 0 radical (unpaired) electrons. The zero-order valence-electron chi connectivity index (χ0n) is 11.5. The molecule has 0 aromatic carbocycles. The van der Waals surface area contributed by atoms with E-state index < -0.39 is 0 Å². The highest BCUT2D eigenvalue weighted by Crippen LogP contribution is 2.11. The quantitative estimate of drug-likeness (QED) is 0.309. The molecule has 98 valence electrons. The van der Waals surface area contributed by atoms with E-state index in [1.54, 1.807) is 5.01 Å². The second-order valence-corrected chi connectivity index (χ2v) is 5.02. The standard InChI is InChI=1S/C14H32N2/c1-3-4-5-6-7-8-9-10-11-12-13-14-16(2)15/h3-15H2,1-2H3. The van der Waals surface area contributed by atoms with Gasteiger partial charge in [0, 0.05) is 13.6 Å². The van der Waals surface area contributed by atoms with Gasteiger partial charge in [-0.15, -0.1) is 0 Å². The van der Waals surface area contributed by atoms with Crippen LogP contribution >= 0.6 is 0 Å². The van der Waals surface area contributed by atoms with Crippen LogP contribution in [0.1, 0.15) is 77.6 Å². The second-order valence-electron chi connectivity index (χ2n) is 5.02. The minimum Gasteiger partial charge on any atom is -0.269 e. The topological polar surface area (TPSA) is 29.3 Å². The molecule has 0 aliphatic carbocycles. The lowest BCUT2D eigenvalue weighted by atomic mass is 10.1. The van der Waals surface area contributed by atoms with Crippen LogP contribution in [0.2, 0.25) is 0 Å². The molecule has 0 aliphatic rings. The zero-order valence-corrected chi connectivity index (χ0v) is 11.5. The Morgan fingerprint density at radius 3 is 1.44 bits per heavy atom. The maximum Gasteiger partial charge on any atom is 0.0125 e. The Bertz CT molecular complexity index is 124. The van der Waals surface area contributed by atoms with Gasteiger partial charge >= 0.3 is 0 Å². The van der Waals surface area contributed by atoms with Crippen LogP contribution in [0.5, 0.6) is 0 Å². The van der Waals surface area contributed by atoms with Gasteiger partial charge in [-0.05, 0) is 6.42 Å². The predicted octanol–water partition coefficient (Wildman–Crippen LogP) is 4.10. The molecular weight excluding hydrogens is 196 g/mol.